The molecule has 4 atom stereocenters. The minimum atomic E-state index is -1.79. The van der Waals surface area contributed by atoms with E-state index in [0.717, 1.165) is 102 Å². The maximum atomic E-state index is 17.4. The smallest absolute Gasteiger partial charge is 0.155 e. The number of hydrogen-bond donors (Lipinski definition) is 0. The van der Waals surface area contributed by atoms with Crippen molar-refractivity contribution in [3.05, 3.63) is 48.1 Å². The molecule has 6 rings (SSSR count). The molecule has 0 aromatic rings. The summed E-state index contributed by atoms with van der Waals surface area (Å²) in [6, 6.07) is 0. The van der Waals surface area contributed by atoms with E-state index in [0.29, 0.717) is 0 Å². The Morgan fingerprint density at radius 3 is 1.20 bits per heavy atom. The van der Waals surface area contributed by atoms with Gasteiger partial charge in [-0.3, -0.25) is 0 Å². The molecule has 59 heavy (non-hydrogen) atoms. The molecule has 0 aliphatic heterocycles. The summed E-state index contributed by atoms with van der Waals surface area (Å²) in [6.45, 7) is 4.58. The number of halogens is 4. The predicted octanol–water partition coefficient (Wildman–Crippen LogP) is 17.5. The van der Waals surface area contributed by atoms with Gasteiger partial charge < -0.3 is 4.74 Å². The van der Waals surface area contributed by atoms with Crippen LogP contribution in [-0.4, -0.2) is 24.6 Å². The van der Waals surface area contributed by atoms with Gasteiger partial charge in [-0.1, -0.05) is 180 Å². The molecular formula is C54H86F4O. The topological polar surface area (TPSA) is 9.23 Å². The number of rotatable bonds is 22. The first kappa shape index (κ1) is 47.1. The van der Waals surface area contributed by atoms with Crippen molar-refractivity contribution in [1.82, 2.24) is 0 Å². The van der Waals surface area contributed by atoms with Crippen molar-refractivity contribution in [3.8, 4) is 0 Å². The average molecular weight is 827 g/mol. The lowest BCUT2D eigenvalue weighted by molar-refractivity contribution is -0.0445. The minimum absolute atomic E-state index is 0.0236. The third kappa shape index (κ3) is 11.6. The summed E-state index contributed by atoms with van der Waals surface area (Å²) in [7, 11) is 0. The highest BCUT2D eigenvalue weighted by Gasteiger charge is 2.57. The standard InChI is InChI=1S/C54H86F4O/c1-3-5-7-9-11-15-21-43-23-27-47(28-24-43)51(33-17-13-18-34-51)53(57)37-31-45(49(55)39-53)41-59-42-46-32-38-54(58,40-50(46)56)52(35-19-14-20-36-52)48-29-25-44(26-30-48)22-16-12-10-8-6-4-2/h31-32,37-40,43-48H,3-30,33-36,41-42H2,1-2H3/t43?,44?,45-,46-,47?,48?,53+,54+/m0/s1. The van der Waals surface area contributed by atoms with Gasteiger partial charge in [-0.25, -0.2) is 17.6 Å². The molecule has 0 saturated heterocycles. The van der Waals surface area contributed by atoms with E-state index in [4.69, 9.17) is 4.74 Å². The molecule has 0 heterocycles. The van der Waals surface area contributed by atoms with Crippen LogP contribution in [0.4, 0.5) is 17.6 Å². The zero-order valence-corrected chi connectivity index (χ0v) is 37.9. The number of ether oxygens (including phenoxy) is 1. The third-order valence-electron chi connectivity index (χ3n) is 17.3. The van der Waals surface area contributed by atoms with E-state index in [9.17, 15) is 0 Å². The van der Waals surface area contributed by atoms with Gasteiger partial charge in [0, 0.05) is 10.8 Å². The fourth-order valence-electron chi connectivity index (χ4n) is 13.6. The van der Waals surface area contributed by atoms with Gasteiger partial charge in [0.15, 0.2) is 11.3 Å². The van der Waals surface area contributed by atoms with Crippen molar-refractivity contribution in [2.24, 2.45) is 46.3 Å². The van der Waals surface area contributed by atoms with Crippen molar-refractivity contribution in [3.63, 3.8) is 0 Å². The summed E-state index contributed by atoms with van der Waals surface area (Å²) in [5, 5.41) is 0. The molecule has 5 heteroatoms. The second kappa shape index (κ2) is 22.8. The zero-order valence-electron chi connectivity index (χ0n) is 37.9. The lowest BCUT2D eigenvalue weighted by Crippen LogP contribution is -2.51. The zero-order chi connectivity index (χ0) is 41.6. The highest BCUT2D eigenvalue weighted by Crippen LogP contribution is 2.61. The number of allylic oxidation sites excluding steroid dienone is 4. The molecule has 1 nitrogen and oxygen atoms in total. The van der Waals surface area contributed by atoms with Gasteiger partial charge in [-0.2, -0.15) is 0 Å². The van der Waals surface area contributed by atoms with E-state index in [-0.39, 0.29) is 25.0 Å². The molecule has 0 aromatic carbocycles. The molecule has 0 N–H and O–H groups in total. The molecule has 6 aliphatic rings. The number of hydrogen-bond acceptors (Lipinski definition) is 1. The fourth-order valence-corrected chi connectivity index (χ4v) is 13.6. The first-order valence-corrected chi connectivity index (χ1v) is 25.8. The van der Waals surface area contributed by atoms with Crippen LogP contribution < -0.4 is 0 Å². The molecule has 4 fully saturated rings. The van der Waals surface area contributed by atoms with E-state index in [1.807, 2.05) is 0 Å². The van der Waals surface area contributed by atoms with Crippen molar-refractivity contribution in [2.75, 3.05) is 13.2 Å². The largest absolute Gasteiger partial charge is 0.379 e. The quantitative estimate of drug-likeness (QED) is 0.0600. The van der Waals surface area contributed by atoms with Crippen LogP contribution >= 0.6 is 0 Å². The van der Waals surface area contributed by atoms with Crippen LogP contribution in [0, 0.1) is 46.3 Å². The van der Waals surface area contributed by atoms with E-state index in [2.05, 4.69) is 13.8 Å². The van der Waals surface area contributed by atoms with Gasteiger partial charge in [-0.05, 0) is 99.3 Å². The van der Waals surface area contributed by atoms with Crippen molar-refractivity contribution >= 4 is 0 Å². The van der Waals surface area contributed by atoms with Gasteiger partial charge in [0.1, 0.15) is 11.7 Å². The van der Waals surface area contributed by atoms with Crippen LogP contribution in [-0.2, 0) is 4.74 Å². The lowest BCUT2D eigenvalue weighted by Gasteiger charge is -2.53. The highest BCUT2D eigenvalue weighted by molar-refractivity contribution is 5.33. The van der Waals surface area contributed by atoms with Gasteiger partial charge in [-0.15, -0.1) is 0 Å². The SMILES string of the molecule is CCCCCCCCC1CCC(C2([C@@]3(F)C=C[C@@H](COC[C@@H]4C=C[C@](F)(C5(C6CCC(CCCCCCCC)CC6)CCCCC5)C=C4F)C(F)=C3)CCCCC2)CC1. The summed E-state index contributed by atoms with van der Waals surface area (Å²) in [5.74, 6) is -0.231. The molecule has 0 amide bonds. The van der Waals surface area contributed by atoms with Gasteiger partial charge in [0.2, 0.25) is 0 Å². The Hall–Kier alpha value is -1.36. The average Bonchev–Trinajstić information content (AvgIpc) is 3.26. The van der Waals surface area contributed by atoms with Crippen LogP contribution in [0.25, 0.3) is 0 Å². The van der Waals surface area contributed by atoms with Crippen LogP contribution in [0.2, 0.25) is 0 Å². The van der Waals surface area contributed by atoms with E-state index in [1.165, 1.54) is 128 Å². The molecule has 0 radical (unpaired) electrons. The minimum Gasteiger partial charge on any atom is -0.379 e. The molecule has 0 spiro atoms. The van der Waals surface area contributed by atoms with E-state index >= 15 is 17.6 Å². The Morgan fingerprint density at radius 1 is 0.492 bits per heavy atom. The second-order valence-corrected chi connectivity index (χ2v) is 21.0. The third-order valence-corrected chi connectivity index (χ3v) is 17.3. The summed E-state index contributed by atoms with van der Waals surface area (Å²) in [6.07, 6.45) is 46.4. The molecule has 4 saturated carbocycles. The summed E-state index contributed by atoms with van der Waals surface area (Å²) >= 11 is 0. The Bertz CT molecular complexity index is 1250. The van der Waals surface area contributed by atoms with Crippen LogP contribution in [0.1, 0.15) is 219 Å². The second-order valence-electron chi connectivity index (χ2n) is 21.0. The van der Waals surface area contributed by atoms with Crippen molar-refractivity contribution in [2.45, 2.75) is 231 Å². The summed E-state index contributed by atoms with van der Waals surface area (Å²) < 4.78 is 72.8. The summed E-state index contributed by atoms with van der Waals surface area (Å²) in [4.78, 5) is 0. The molecule has 0 bridgehead atoms. The Balaban J connectivity index is 0.996. The molecule has 0 unspecified atom stereocenters. The normalized spacial score (nSPS) is 34.7. The van der Waals surface area contributed by atoms with E-state index in [1.54, 1.807) is 24.3 Å². The first-order chi connectivity index (χ1) is 28.7. The van der Waals surface area contributed by atoms with Gasteiger partial charge in [0.05, 0.1) is 25.0 Å². The Kier molecular flexibility index (Phi) is 18.2. The predicted molar refractivity (Wildman–Crippen MR) is 240 cm³/mol. The highest BCUT2D eigenvalue weighted by atomic mass is 19.2. The summed E-state index contributed by atoms with van der Waals surface area (Å²) in [5.41, 5.74) is -4.67. The number of unbranched alkanes of at least 4 members (excludes halogenated alkanes) is 10. The monoisotopic (exact) mass is 827 g/mol. The molecular weight excluding hydrogens is 741 g/mol. The number of alkyl halides is 2. The van der Waals surface area contributed by atoms with Crippen LogP contribution in [0.15, 0.2) is 48.1 Å². The maximum absolute atomic E-state index is 17.4. The van der Waals surface area contributed by atoms with Crippen molar-refractivity contribution in [1.29, 1.82) is 0 Å². The Morgan fingerprint density at radius 2 is 0.847 bits per heavy atom. The first-order valence-electron chi connectivity index (χ1n) is 25.8. The van der Waals surface area contributed by atoms with Gasteiger partial charge in [0.25, 0.3) is 0 Å². The van der Waals surface area contributed by atoms with E-state index < -0.39 is 45.7 Å². The lowest BCUT2D eigenvalue weighted by atomic mass is 9.53. The molecule has 336 valence electrons. The van der Waals surface area contributed by atoms with Crippen LogP contribution in [0.3, 0.4) is 0 Å². The molecule has 6 aliphatic carbocycles. The Labute approximate surface area is 359 Å². The van der Waals surface area contributed by atoms with Crippen molar-refractivity contribution < 1.29 is 22.3 Å². The fraction of sp³-hybridized carbons (Fsp3) is 0.852. The maximum Gasteiger partial charge on any atom is 0.155 e. The van der Waals surface area contributed by atoms with Crippen LogP contribution in [0.5, 0.6) is 0 Å². The van der Waals surface area contributed by atoms with Gasteiger partial charge >= 0.3 is 0 Å². The molecule has 0 aromatic heterocycles.